The molecule has 0 amide bonds. The van der Waals surface area contributed by atoms with Gasteiger partial charge in [0.2, 0.25) is 0 Å². The minimum atomic E-state index is -4.64. The molecule has 0 saturated carbocycles. The Morgan fingerprint density at radius 1 is 1.00 bits per heavy atom. The van der Waals surface area contributed by atoms with Crippen molar-refractivity contribution in [3.63, 3.8) is 0 Å². The molecule has 0 atom stereocenters. The summed E-state index contributed by atoms with van der Waals surface area (Å²) in [4.78, 5) is 21.6. The van der Waals surface area contributed by atoms with Crippen LogP contribution in [0.2, 0.25) is 0 Å². The first-order valence-corrected chi connectivity index (χ1v) is 2.35. The van der Waals surface area contributed by atoms with Crippen molar-refractivity contribution in [1.29, 1.82) is 0 Å². The summed E-state index contributed by atoms with van der Waals surface area (Å²) >= 11 is 0. The van der Waals surface area contributed by atoms with Gasteiger partial charge in [-0.1, -0.05) is 0 Å². The Bertz CT molecular complexity index is 60.2. The number of rotatable bonds is 0. The summed E-state index contributed by atoms with van der Waals surface area (Å²) in [6.45, 7) is 0. The van der Waals surface area contributed by atoms with Crippen molar-refractivity contribution in [3.05, 3.63) is 0 Å². The summed E-state index contributed by atoms with van der Waals surface area (Å²) in [5.74, 6) is 0. The van der Waals surface area contributed by atoms with Crippen LogP contribution in [0.15, 0.2) is 0 Å². The molecule has 0 bridgehead atoms. The number of hydrogen-bond donors (Lipinski definition) is 3. The van der Waals surface area contributed by atoms with Gasteiger partial charge in [0.1, 0.15) is 0 Å². The van der Waals surface area contributed by atoms with Gasteiger partial charge in [-0.25, -0.2) is 4.57 Å². The van der Waals surface area contributed by atoms with Crippen LogP contribution in [0.3, 0.4) is 0 Å². The molecule has 0 aromatic rings. The topological polar surface area (TPSA) is 77.8 Å². The molecule has 0 spiro atoms. The zero-order chi connectivity index (χ0) is 4.50. The molecule has 8 heteroatoms. The van der Waals surface area contributed by atoms with Crippen LogP contribution >= 0.6 is 7.82 Å². The van der Waals surface area contributed by atoms with Crippen molar-refractivity contribution in [1.82, 2.24) is 0 Å². The van der Waals surface area contributed by atoms with E-state index in [4.69, 9.17) is 19.2 Å². The van der Waals surface area contributed by atoms with Gasteiger partial charge in [-0.3, -0.25) is 0 Å². The van der Waals surface area contributed by atoms with Crippen LogP contribution in [0, 0.1) is 0 Å². The summed E-state index contributed by atoms with van der Waals surface area (Å²) in [6.07, 6.45) is 0. The van der Waals surface area contributed by atoms with Crippen molar-refractivity contribution in [2.45, 2.75) is 0 Å². The molecule has 0 aliphatic heterocycles. The van der Waals surface area contributed by atoms with Crippen molar-refractivity contribution in [3.8, 4) is 0 Å². The molecule has 0 unspecified atom stereocenters. The van der Waals surface area contributed by atoms with E-state index in [1.165, 1.54) is 0 Å². The first-order valence-electron chi connectivity index (χ1n) is 0.783. The van der Waals surface area contributed by atoms with Crippen molar-refractivity contribution >= 4 is 62.9 Å². The third-order valence-electron chi connectivity index (χ3n) is 0. The van der Waals surface area contributed by atoms with E-state index in [-0.39, 0.29) is 55.1 Å². The molecular weight excluding hydrogens is 136 g/mol. The Kier molecular flexibility index (Phi) is 24.9. The molecule has 8 heavy (non-hydrogen) atoms. The number of phosphoric acid groups is 1. The Balaban J connectivity index is -0.0000000267. The monoisotopic (exact) mass is 144 g/mol. The Morgan fingerprint density at radius 2 is 1.00 bits per heavy atom. The first-order chi connectivity index (χ1) is 2.00. The van der Waals surface area contributed by atoms with Gasteiger partial charge in [0.25, 0.3) is 0 Å². The molecule has 0 aliphatic carbocycles. The van der Waals surface area contributed by atoms with E-state index in [1.807, 2.05) is 0 Å². The third kappa shape index (κ3) is 109. The van der Waals surface area contributed by atoms with E-state index in [0.29, 0.717) is 0 Å². The Morgan fingerprint density at radius 3 is 1.00 bits per heavy atom. The van der Waals surface area contributed by atoms with Crippen molar-refractivity contribution in [2.24, 2.45) is 0 Å². The molecule has 3 N–H and O–H groups in total. The molecule has 0 saturated heterocycles. The molecule has 0 aromatic carbocycles. The molecule has 42 valence electrons. The van der Waals surface area contributed by atoms with E-state index >= 15 is 0 Å². The summed E-state index contributed by atoms with van der Waals surface area (Å²) < 4.78 is 8.88. The summed E-state index contributed by atoms with van der Waals surface area (Å²) in [5.41, 5.74) is 0. The second-order valence-electron chi connectivity index (χ2n) is 0.513. The quantitative estimate of drug-likeness (QED) is 0.244. The fourth-order valence-corrected chi connectivity index (χ4v) is 0. The number of hydrogen-bond acceptors (Lipinski definition) is 1. The zero-order valence-corrected chi connectivity index (χ0v) is 3.09. The van der Waals surface area contributed by atoms with E-state index in [9.17, 15) is 0 Å². The SMILES string of the molecule is O=P(O)(O)O.[AlH3].[LiH].[LiH]. The molecule has 0 fully saturated rings. The maximum atomic E-state index is 8.88. The average molecular weight is 144 g/mol. The molecule has 4 nitrogen and oxygen atoms in total. The van der Waals surface area contributed by atoms with Crippen LogP contribution in [0.4, 0.5) is 0 Å². The summed E-state index contributed by atoms with van der Waals surface area (Å²) in [5, 5.41) is 0. The molecule has 0 heterocycles. The van der Waals surface area contributed by atoms with Gasteiger partial charge in [0.15, 0.2) is 17.4 Å². The zero-order valence-electron chi connectivity index (χ0n) is 2.20. The fraction of sp³-hybridized carbons (Fsp3) is 0. The second-order valence-corrected chi connectivity index (χ2v) is 1.54. The standard InChI is InChI=1S/Al.2Li.H3O4P.5H/c;;;1-5(2,3)4;;;;;/h;;;(H3,1,2,3,4);;;;;. The maximum absolute atomic E-state index is 8.88. The summed E-state index contributed by atoms with van der Waals surface area (Å²) in [7, 11) is -4.64. The van der Waals surface area contributed by atoms with Crippen LogP contribution in [-0.2, 0) is 4.57 Å². The van der Waals surface area contributed by atoms with E-state index in [1.54, 1.807) is 0 Å². The van der Waals surface area contributed by atoms with Crippen LogP contribution in [0.5, 0.6) is 0 Å². The second kappa shape index (κ2) is 8.84. The van der Waals surface area contributed by atoms with Crippen LogP contribution in [-0.4, -0.2) is 69.8 Å². The van der Waals surface area contributed by atoms with Crippen molar-refractivity contribution < 1.29 is 19.2 Å². The van der Waals surface area contributed by atoms with Gasteiger partial charge in [-0.2, -0.15) is 0 Å². The van der Waals surface area contributed by atoms with Gasteiger partial charge in [-0.05, 0) is 0 Å². The average Bonchev–Trinajstić information content (AvgIpc) is 0.722. The van der Waals surface area contributed by atoms with Gasteiger partial charge in [0, 0.05) is 0 Å². The van der Waals surface area contributed by atoms with Crippen LogP contribution < -0.4 is 0 Å². The fourth-order valence-electron chi connectivity index (χ4n) is 0. The predicted octanol–water partition coefficient (Wildman–Crippen LogP) is -3.41. The first kappa shape index (κ1) is 22.5. The predicted molar refractivity (Wildman–Crippen MR) is 38.5 cm³/mol. The van der Waals surface area contributed by atoms with E-state index < -0.39 is 7.82 Å². The molecule has 0 aromatic heterocycles. The Hall–Kier alpha value is 1.84. The van der Waals surface area contributed by atoms with E-state index in [0.717, 1.165) is 0 Å². The van der Waals surface area contributed by atoms with Gasteiger partial charge < -0.3 is 14.7 Å². The molecular formula is H8AlLi2O4P. The van der Waals surface area contributed by atoms with Crippen LogP contribution in [0.25, 0.3) is 0 Å². The molecule has 0 aliphatic rings. The summed E-state index contributed by atoms with van der Waals surface area (Å²) in [6, 6.07) is 0. The van der Waals surface area contributed by atoms with Gasteiger partial charge >= 0.3 is 45.5 Å². The molecule has 0 rings (SSSR count). The van der Waals surface area contributed by atoms with Crippen LogP contribution in [0.1, 0.15) is 0 Å². The van der Waals surface area contributed by atoms with E-state index in [2.05, 4.69) is 0 Å². The molecule has 0 radical (unpaired) electrons. The van der Waals surface area contributed by atoms with Gasteiger partial charge in [0.05, 0.1) is 0 Å². The normalized spacial score (nSPS) is 7.38. The minimum absolute atomic E-state index is 0. The Labute approximate surface area is 81.8 Å². The third-order valence-corrected chi connectivity index (χ3v) is 0. The van der Waals surface area contributed by atoms with Gasteiger partial charge in [-0.15, -0.1) is 0 Å². The van der Waals surface area contributed by atoms with Crippen molar-refractivity contribution in [2.75, 3.05) is 0 Å².